The van der Waals surface area contributed by atoms with Crippen LogP contribution in [0.3, 0.4) is 0 Å². The molecular formula is C30H60O. The molecule has 0 rings (SSSR count). The predicted octanol–water partition coefficient (Wildman–Crippen LogP) is 11.0. The van der Waals surface area contributed by atoms with Crippen molar-refractivity contribution in [3.05, 3.63) is 0 Å². The number of carbonyl (C=O) groups excluding carboxylic acids is 1. The van der Waals surface area contributed by atoms with Gasteiger partial charge < -0.3 is 0 Å². The normalized spacial score (nSPS) is 11.5. The Balaban J connectivity index is 3.15. The molecule has 0 atom stereocenters. The Hall–Kier alpha value is -0.330. The third kappa shape index (κ3) is 27.6. The van der Waals surface area contributed by atoms with E-state index in [2.05, 4.69) is 20.8 Å². The average Bonchev–Trinajstić information content (AvgIpc) is 2.75. The number of unbranched alkanes of at least 4 members (excludes halogenated alkanes) is 20. The first-order chi connectivity index (χ1) is 15.2. The number of rotatable bonds is 26. The molecule has 0 aliphatic rings. The number of carbonyl (C=O) groups is 1. The topological polar surface area (TPSA) is 17.1 Å². The van der Waals surface area contributed by atoms with Gasteiger partial charge in [0.1, 0.15) is 5.78 Å². The molecule has 0 N–H and O–H groups in total. The summed E-state index contributed by atoms with van der Waals surface area (Å²) in [4.78, 5) is 12.0. The summed E-state index contributed by atoms with van der Waals surface area (Å²) in [6.07, 6.45) is 33.1. The molecule has 1 nitrogen and oxygen atoms in total. The molecule has 0 aromatic heterocycles. The summed E-state index contributed by atoms with van der Waals surface area (Å²) in [5, 5.41) is 0. The quantitative estimate of drug-likeness (QED) is 0.123. The Morgan fingerprint density at radius 3 is 1.06 bits per heavy atom. The van der Waals surface area contributed by atoms with Crippen LogP contribution in [0.25, 0.3) is 0 Å². The first kappa shape index (κ1) is 30.7. The highest BCUT2D eigenvalue weighted by Gasteiger charge is 2.02. The van der Waals surface area contributed by atoms with E-state index in [1.54, 1.807) is 0 Å². The molecule has 0 radical (unpaired) electrons. The summed E-state index contributed by atoms with van der Waals surface area (Å²) in [5.74, 6) is 1.40. The molecule has 0 heterocycles. The summed E-state index contributed by atoms with van der Waals surface area (Å²) < 4.78 is 0. The van der Waals surface area contributed by atoms with Crippen LogP contribution in [-0.2, 0) is 4.79 Å². The van der Waals surface area contributed by atoms with Crippen molar-refractivity contribution in [3.8, 4) is 0 Å². The lowest BCUT2D eigenvalue weighted by Gasteiger charge is -2.05. The van der Waals surface area contributed by atoms with Crippen molar-refractivity contribution in [2.45, 2.75) is 181 Å². The predicted molar refractivity (Wildman–Crippen MR) is 141 cm³/mol. The molecule has 0 fully saturated rings. The van der Waals surface area contributed by atoms with Crippen molar-refractivity contribution in [1.29, 1.82) is 0 Å². The van der Waals surface area contributed by atoms with Gasteiger partial charge in [0.2, 0.25) is 0 Å². The smallest absolute Gasteiger partial charge is 0.132 e. The second-order valence-corrected chi connectivity index (χ2v) is 10.6. The molecule has 186 valence electrons. The van der Waals surface area contributed by atoms with Crippen LogP contribution in [-0.4, -0.2) is 5.78 Å². The molecule has 0 aliphatic heterocycles. The second kappa shape index (κ2) is 25.9. The first-order valence-electron chi connectivity index (χ1n) is 14.7. The van der Waals surface area contributed by atoms with Gasteiger partial charge in [-0.15, -0.1) is 0 Å². The van der Waals surface area contributed by atoms with E-state index in [4.69, 9.17) is 0 Å². The molecule has 0 aliphatic carbocycles. The van der Waals surface area contributed by atoms with Gasteiger partial charge in [0.25, 0.3) is 0 Å². The highest BCUT2D eigenvalue weighted by molar-refractivity contribution is 5.78. The van der Waals surface area contributed by atoms with E-state index in [-0.39, 0.29) is 0 Å². The molecule has 0 unspecified atom stereocenters. The van der Waals surface area contributed by atoms with Crippen molar-refractivity contribution in [2.75, 3.05) is 0 Å². The second-order valence-electron chi connectivity index (χ2n) is 10.6. The van der Waals surface area contributed by atoms with Crippen LogP contribution in [0.1, 0.15) is 181 Å². The van der Waals surface area contributed by atoms with Crippen molar-refractivity contribution in [3.63, 3.8) is 0 Å². The van der Waals surface area contributed by atoms with Crippen molar-refractivity contribution in [2.24, 2.45) is 5.92 Å². The molecule has 0 amide bonds. The van der Waals surface area contributed by atoms with Crippen molar-refractivity contribution in [1.82, 2.24) is 0 Å². The number of hydrogen-bond donors (Lipinski definition) is 0. The Morgan fingerprint density at radius 2 is 0.742 bits per heavy atom. The molecule has 31 heavy (non-hydrogen) atoms. The lowest BCUT2D eigenvalue weighted by molar-refractivity contribution is -0.119. The highest BCUT2D eigenvalue weighted by atomic mass is 16.1. The Morgan fingerprint density at radius 1 is 0.452 bits per heavy atom. The monoisotopic (exact) mass is 436 g/mol. The van der Waals surface area contributed by atoms with Crippen LogP contribution in [0.5, 0.6) is 0 Å². The fourth-order valence-electron chi connectivity index (χ4n) is 4.58. The Bertz CT molecular complexity index is 346. The fourth-order valence-corrected chi connectivity index (χ4v) is 4.58. The molecule has 0 spiro atoms. The first-order valence-corrected chi connectivity index (χ1v) is 14.7. The van der Waals surface area contributed by atoms with Gasteiger partial charge in [-0.25, -0.2) is 0 Å². The third-order valence-corrected chi connectivity index (χ3v) is 6.80. The SMILES string of the molecule is CCCCCCCCCCCCCC(=O)CCCCCCCCCCCCCC(C)C. The summed E-state index contributed by atoms with van der Waals surface area (Å²) in [6.45, 7) is 6.94. The van der Waals surface area contributed by atoms with Gasteiger partial charge in [-0.1, -0.05) is 156 Å². The van der Waals surface area contributed by atoms with E-state index in [9.17, 15) is 4.79 Å². The third-order valence-electron chi connectivity index (χ3n) is 6.80. The Labute approximate surface area is 197 Å². The van der Waals surface area contributed by atoms with Gasteiger partial charge >= 0.3 is 0 Å². The van der Waals surface area contributed by atoms with E-state index in [1.807, 2.05) is 0 Å². The zero-order valence-electron chi connectivity index (χ0n) is 22.2. The van der Waals surface area contributed by atoms with Gasteiger partial charge in [-0.2, -0.15) is 0 Å². The van der Waals surface area contributed by atoms with E-state index in [1.165, 1.54) is 135 Å². The van der Waals surface area contributed by atoms with Crippen LogP contribution >= 0.6 is 0 Å². The van der Waals surface area contributed by atoms with Gasteiger partial charge in [0, 0.05) is 12.8 Å². The standard InChI is InChI=1S/C30H60O/c1-4-5-6-7-8-9-11-15-18-21-24-27-30(31)28-25-22-19-16-13-10-12-14-17-20-23-26-29(2)3/h29H,4-28H2,1-3H3. The maximum atomic E-state index is 12.0. The van der Waals surface area contributed by atoms with Crippen LogP contribution in [0, 0.1) is 5.92 Å². The van der Waals surface area contributed by atoms with Crippen LogP contribution in [0.2, 0.25) is 0 Å². The van der Waals surface area contributed by atoms with Crippen LogP contribution < -0.4 is 0 Å². The number of Topliss-reactive ketones (excluding diaryl/α,β-unsaturated/α-hetero) is 1. The Kier molecular flexibility index (Phi) is 25.7. The van der Waals surface area contributed by atoms with Gasteiger partial charge in [-0.3, -0.25) is 4.79 Å². The average molecular weight is 437 g/mol. The van der Waals surface area contributed by atoms with E-state index in [0.717, 1.165) is 31.6 Å². The maximum Gasteiger partial charge on any atom is 0.132 e. The summed E-state index contributed by atoms with van der Waals surface area (Å²) in [5.41, 5.74) is 0. The minimum atomic E-state index is 0.522. The molecule has 0 bridgehead atoms. The zero-order chi connectivity index (χ0) is 22.8. The van der Waals surface area contributed by atoms with Crippen molar-refractivity contribution >= 4 is 5.78 Å². The molecule has 0 saturated heterocycles. The molecule has 1 heteroatoms. The molecule has 0 aromatic rings. The highest BCUT2D eigenvalue weighted by Crippen LogP contribution is 2.15. The summed E-state index contributed by atoms with van der Waals surface area (Å²) in [6, 6.07) is 0. The largest absolute Gasteiger partial charge is 0.300 e. The number of hydrogen-bond acceptors (Lipinski definition) is 1. The summed E-state index contributed by atoms with van der Waals surface area (Å²) >= 11 is 0. The van der Waals surface area contributed by atoms with Gasteiger partial charge in [-0.05, 0) is 18.8 Å². The molecular weight excluding hydrogens is 376 g/mol. The van der Waals surface area contributed by atoms with Crippen LogP contribution in [0.4, 0.5) is 0 Å². The minimum absolute atomic E-state index is 0.522. The number of ketones is 1. The summed E-state index contributed by atoms with van der Waals surface area (Å²) in [7, 11) is 0. The van der Waals surface area contributed by atoms with E-state index < -0.39 is 0 Å². The molecule has 0 saturated carbocycles. The van der Waals surface area contributed by atoms with Gasteiger partial charge in [0.05, 0.1) is 0 Å². The lowest BCUT2D eigenvalue weighted by Crippen LogP contribution is -1.97. The van der Waals surface area contributed by atoms with E-state index in [0.29, 0.717) is 5.78 Å². The van der Waals surface area contributed by atoms with Crippen LogP contribution in [0.15, 0.2) is 0 Å². The maximum absolute atomic E-state index is 12.0. The molecule has 0 aromatic carbocycles. The van der Waals surface area contributed by atoms with Gasteiger partial charge in [0.15, 0.2) is 0 Å². The van der Waals surface area contributed by atoms with Crippen molar-refractivity contribution < 1.29 is 4.79 Å². The minimum Gasteiger partial charge on any atom is -0.300 e. The lowest BCUT2D eigenvalue weighted by atomic mass is 10.0. The zero-order valence-corrected chi connectivity index (χ0v) is 22.2. The fraction of sp³-hybridized carbons (Fsp3) is 0.967. The van der Waals surface area contributed by atoms with E-state index >= 15 is 0 Å².